The summed E-state index contributed by atoms with van der Waals surface area (Å²) < 4.78 is 48.4. The van der Waals surface area contributed by atoms with E-state index in [1.54, 1.807) is 30.5 Å². The third kappa shape index (κ3) is 4.10. The second-order valence-electron chi connectivity index (χ2n) is 9.56. The summed E-state index contributed by atoms with van der Waals surface area (Å²) in [6, 6.07) is 18.1. The van der Waals surface area contributed by atoms with Crippen LogP contribution in [-0.2, 0) is 16.4 Å². The van der Waals surface area contributed by atoms with Crippen LogP contribution in [0.1, 0.15) is 18.7 Å². The first-order valence-corrected chi connectivity index (χ1v) is 13.5. The third-order valence-electron chi connectivity index (χ3n) is 7.08. The van der Waals surface area contributed by atoms with Crippen molar-refractivity contribution < 1.29 is 17.2 Å². The highest BCUT2D eigenvalue weighted by atomic mass is 32.2. The zero-order valence-corrected chi connectivity index (χ0v) is 20.7. The zero-order valence-electron chi connectivity index (χ0n) is 19.9. The monoisotopic (exact) mass is 503 g/mol. The molecule has 3 aromatic carbocycles. The number of hydrogen-bond donors (Lipinski definition) is 0. The molecule has 0 bridgehead atoms. The number of rotatable bonds is 5. The second-order valence-corrected chi connectivity index (χ2v) is 11.4. The molecule has 184 valence electrons. The Hall–Kier alpha value is -3.49. The second kappa shape index (κ2) is 8.87. The van der Waals surface area contributed by atoms with E-state index in [1.807, 2.05) is 18.2 Å². The average molecular weight is 504 g/mol. The predicted octanol–water partition coefficient (Wildman–Crippen LogP) is 5.71. The van der Waals surface area contributed by atoms with Crippen molar-refractivity contribution in [1.29, 1.82) is 0 Å². The Morgan fingerprint density at radius 1 is 1.03 bits per heavy atom. The number of fused-ring (bicyclic) bond motifs is 2. The molecular formula is C28H26FN3O3S. The lowest BCUT2D eigenvalue weighted by Crippen LogP contribution is -2.30. The van der Waals surface area contributed by atoms with Crippen molar-refractivity contribution in [2.45, 2.75) is 24.2 Å². The molecule has 0 radical (unpaired) electrons. The maximum Gasteiger partial charge on any atom is 0.268 e. The van der Waals surface area contributed by atoms with Gasteiger partial charge < -0.3 is 9.32 Å². The van der Waals surface area contributed by atoms with Crippen molar-refractivity contribution in [2.24, 2.45) is 5.92 Å². The van der Waals surface area contributed by atoms with Crippen LogP contribution >= 0.6 is 0 Å². The van der Waals surface area contributed by atoms with Crippen LogP contribution < -0.4 is 0 Å². The summed E-state index contributed by atoms with van der Waals surface area (Å²) in [6.07, 6.45) is 4.63. The van der Waals surface area contributed by atoms with Crippen molar-refractivity contribution in [3.8, 4) is 11.1 Å². The SMILES string of the molecule is CN1CCC(Cc2nc3ccc(-c4cn(S(=O)(=O)c5ccccc5)c5cc(F)ccc45)cc3o2)CC1. The van der Waals surface area contributed by atoms with E-state index in [4.69, 9.17) is 4.42 Å². The number of likely N-dealkylation sites (tertiary alicyclic amines) is 1. The van der Waals surface area contributed by atoms with Gasteiger partial charge in [0.05, 0.1) is 10.4 Å². The zero-order chi connectivity index (χ0) is 24.9. The van der Waals surface area contributed by atoms with E-state index in [0.717, 1.165) is 53.3 Å². The van der Waals surface area contributed by atoms with Gasteiger partial charge in [0.25, 0.3) is 10.0 Å². The summed E-state index contributed by atoms with van der Waals surface area (Å²) in [7, 11) is -1.77. The Labute approximate surface area is 209 Å². The summed E-state index contributed by atoms with van der Waals surface area (Å²) >= 11 is 0. The summed E-state index contributed by atoms with van der Waals surface area (Å²) in [5, 5.41) is 0.640. The van der Waals surface area contributed by atoms with Gasteiger partial charge in [-0.25, -0.2) is 21.8 Å². The molecule has 6 rings (SSSR count). The van der Waals surface area contributed by atoms with Gasteiger partial charge in [0, 0.05) is 23.6 Å². The molecule has 6 nitrogen and oxygen atoms in total. The largest absolute Gasteiger partial charge is 0.441 e. The van der Waals surface area contributed by atoms with E-state index in [9.17, 15) is 12.8 Å². The van der Waals surface area contributed by atoms with E-state index in [-0.39, 0.29) is 10.4 Å². The smallest absolute Gasteiger partial charge is 0.268 e. The molecule has 0 aliphatic carbocycles. The van der Waals surface area contributed by atoms with Gasteiger partial charge in [-0.15, -0.1) is 0 Å². The molecule has 1 aliphatic heterocycles. The van der Waals surface area contributed by atoms with Crippen LogP contribution in [0.3, 0.4) is 0 Å². The minimum atomic E-state index is -3.92. The molecule has 0 saturated carbocycles. The number of hydrogen-bond acceptors (Lipinski definition) is 5. The molecule has 36 heavy (non-hydrogen) atoms. The number of halogens is 1. The molecule has 0 atom stereocenters. The summed E-state index contributed by atoms with van der Waals surface area (Å²) in [5.41, 5.74) is 3.18. The summed E-state index contributed by atoms with van der Waals surface area (Å²) in [6.45, 7) is 2.18. The van der Waals surface area contributed by atoms with E-state index in [1.165, 1.54) is 24.3 Å². The Balaban J connectivity index is 1.41. The van der Waals surface area contributed by atoms with Gasteiger partial charge in [0.1, 0.15) is 11.3 Å². The van der Waals surface area contributed by atoms with Crippen LogP contribution in [0.15, 0.2) is 82.2 Å². The average Bonchev–Trinajstić information content (AvgIpc) is 3.46. The lowest BCUT2D eigenvalue weighted by atomic mass is 9.94. The first-order chi connectivity index (χ1) is 17.4. The highest BCUT2D eigenvalue weighted by molar-refractivity contribution is 7.90. The molecule has 8 heteroatoms. The van der Waals surface area contributed by atoms with Gasteiger partial charge in [-0.05, 0) is 86.9 Å². The molecule has 3 heterocycles. The van der Waals surface area contributed by atoms with E-state index < -0.39 is 15.8 Å². The molecule has 0 amide bonds. The molecule has 1 aliphatic rings. The molecule has 1 saturated heterocycles. The van der Waals surface area contributed by atoms with Crippen molar-refractivity contribution >= 4 is 32.0 Å². The molecule has 0 unspecified atom stereocenters. The van der Waals surface area contributed by atoms with Crippen LogP contribution in [0, 0.1) is 11.7 Å². The predicted molar refractivity (Wildman–Crippen MR) is 138 cm³/mol. The van der Waals surface area contributed by atoms with Crippen LogP contribution in [0.2, 0.25) is 0 Å². The van der Waals surface area contributed by atoms with Gasteiger partial charge in [-0.3, -0.25) is 0 Å². The van der Waals surface area contributed by atoms with Crippen LogP contribution in [0.25, 0.3) is 33.1 Å². The minimum absolute atomic E-state index is 0.141. The van der Waals surface area contributed by atoms with Gasteiger partial charge in [-0.1, -0.05) is 24.3 Å². The fourth-order valence-electron chi connectivity index (χ4n) is 5.05. The maximum absolute atomic E-state index is 14.2. The molecule has 0 N–H and O–H groups in total. The minimum Gasteiger partial charge on any atom is -0.441 e. The molecule has 0 spiro atoms. The normalized spacial score (nSPS) is 15.7. The Bertz CT molecular complexity index is 1670. The molecule has 2 aromatic heterocycles. The van der Waals surface area contributed by atoms with Crippen LogP contribution in [-0.4, -0.2) is 42.4 Å². The highest BCUT2D eigenvalue weighted by Gasteiger charge is 2.23. The summed E-state index contributed by atoms with van der Waals surface area (Å²) in [5.74, 6) is 0.790. The number of piperidine rings is 1. The topological polar surface area (TPSA) is 68.3 Å². The molecule has 1 fully saturated rings. The van der Waals surface area contributed by atoms with E-state index >= 15 is 0 Å². The van der Waals surface area contributed by atoms with Gasteiger partial charge in [-0.2, -0.15) is 0 Å². The number of nitrogens with zero attached hydrogens (tertiary/aromatic N) is 3. The van der Waals surface area contributed by atoms with Crippen LogP contribution in [0.5, 0.6) is 0 Å². The van der Waals surface area contributed by atoms with Crippen molar-refractivity contribution in [3.63, 3.8) is 0 Å². The van der Waals surface area contributed by atoms with E-state index in [0.29, 0.717) is 22.5 Å². The lowest BCUT2D eigenvalue weighted by Gasteiger charge is -2.28. The van der Waals surface area contributed by atoms with Crippen LogP contribution in [0.4, 0.5) is 4.39 Å². The number of benzene rings is 3. The van der Waals surface area contributed by atoms with Gasteiger partial charge in [0.2, 0.25) is 0 Å². The van der Waals surface area contributed by atoms with Gasteiger partial charge >= 0.3 is 0 Å². The molecule has 5 aromatic rings. The van der Waals surface area contributed by atoms with E-state index in [2.05, 4.69) is 16.9 Å². The summed E-state index contributed by atoms with van der Waals surface area (Å²) in [4.78, 5) is 7.17. The Morgan fingerprint density at radius 2 is 1.81 bits per heavy atom. The fraction of sp³-hybridized carbons (Fsp3) is 0.250. The van der Waals surface area contributed by atoms with Crippen molar-refractivity contribution in [3.05, 3.63) is 84.6 Å². The third-order valence-corrected chi connectivity index (χ3v) is 8.77. The number of oxazole rings is 1. The molecular weight excluding hydrogens is 477 g/mol. The van der Waals surface area contributed by atoms with Gasteiger partial charge in [0.15, 0.2) is 11.5 Å². The first kappa shape index (κ1) is 22.9. The fourth-order valence-corrected chi connectivity index (χ4v) is 6.43. The first-order valence-electron chi connectivity index (χ1n) is 12.1. The lowest BCUT2D eigenvalue weighted by molar-refractivity contribution is 0.213. The van der Waals surface area contributed by atoms with Crippen molar-refractivity contribution in [1.82, 2.24) is 13.9 Å². The Kier molecular flexibility index (Phi) is 5.65. The number of aromatic nitrogens is 2. The highest BCUT2D eigenvalue weighted by Crippen LogP contribution is 2.35. The van der Waals surface area contributed by atoms with Crippen molar-refractivity contribution in [2.75, 3.05) is 20.1 Å². The quantitative estimate of drug-likeness (QED) is 0.307. The standard InChI is InChI=1S/C28H26FN3O3S/c1-31-13-11-19(12-14-31)15-28-30-25-10-7-20(16-27(25)35-28)24-18-32(26-17-21(29)8-9-23(24)26)36(33,34)22-5-3-2-4-6-22/h2-10,16-19H,11-15H2,1H3. The Morgan fingerprint density at radius 3 is 2.58 bits per heavy atom. The maximum atomic E-state index is 14.2.